The molecule has 0 spiro atoms. The highest BCUT2D eigenvalue weighted by Gasteiger charge is 2.22. The smallest absolute Gasteiger partial charge is 0.169 e. The Morgan fingerprint density at radius 3 is 2.89 bits per heavy atom. The first-order valence-electron chi connectivity index (χ1n) is 3.04. The third-order valence-electron chi connectivity index (χ3n) is 1.42. The SMILES string of the molecule is N#C[C@@H]1OCCC[C@H]1O. The Morgan fingerprint density at radius 1 is 1.67 bits per heavy atom. The van der Waals surface area contributed by atoms with E-state index in [1.807, 2.05) is 6.07 Å². The predicted molar refractivity (Wildman–Crippen MR) is 30.6 cm³/mol. The van der Waals surface area contributed by atoms with Crippen molar-refractivity contribution in [2.24, 2.45) is 0 Å². The molecule has 0 aromatic carbocycles. The van der Waals surface area contributed by atoms with Gasteiger partial charge in [0.15, 0.2) is 6.10 Å². The van der Waals surface area contributed by atoms with Gasteiger partial charge >= 0.3 is 0 Å². The molecule has 0 amide bonds. The van der Waals surface area contributed by atoms with Crippen LogP contribution in [-0.2, 0) is 4.74 Å². The van der Waals surface area contributed by atoms with Crippen LogP contribution in [0.5, 0.6) is 0 Å². The van der Waals surface area contributed by atoms with Gasteiger partial charge in [-0.05, 0) is 12.8 Å². The van der Waals surface area contributed by atoms with Gasteiger partial charge in [0.05, 0.1) is 12.2 Å². The molecule has 0 saturated carbocycles. The lowest BCUT2D eigenvalue weighted by atomic mass is 10.1. The maximum Gasteiger partial charge on any atom is 0.169 e. The van der Waals surface area contributed by atoms with Crippen LogP contribution in [0.4, 0.5) is 0 Å². The largest absolute Gasteiger partial charge is 0.389 e. The van der Waals surface area contributed by atoms with Crippen molar-refractivity contribution in [2.75, 3.05) is 6.61 Å². The van der Waals surface area contributed by atoms with Crippen LogP contribution in [0.2, 0.25) is 0 Å². The first-order chi connectivity index (χ1) is 4.34. The molecule has 0 aromatic rings. The van der Waals surface area contributed by atoms with Gasteiger partial charge in [-0.3, -0.25) is 0 Å². The molecule has 1 saturated heterocycles. The van der Waals surface area contributed by atoms with Gasteiger partial charge in [-0.1, -0.05) is 0 Å². The summed E-state index contributed by atoms with van der Waals surface area (Å²) in [5.41, 5.74) is 0. The Kier molecular flexibility index (Phi) is 2.04. The maximum atomic E-state index is 9.02. The van der Waals surface area contributed by atoms with E-state index >= 15 is 0 Å². The highest BCUT2D eigenvalue weighted by molar-refractivity contribution is 4.91. The normalized spacial score (nSPS) is 35.6. The summed E-state index contributed by atoms with van der Waals surface area (Å²) in [6, 6.07) is 1.88. The summed E-state index contributed by atoms with van der Waals surface area (Å²) in [5.74, 6) is 0. The fourth-order valence-corrected chi connectivity index (χ4v) is 0.889. The monoisotopic (exact) mass is 127 g/mol. The second-order valence-electron chi connectivity index (χ2n) is 2.13. The summed E-state index contributed by atoms with van der Waals surface area (Å²) in [6.07, 6.45) is 0.403. The van der Waals surface area contributed by atoms with Crippen molar-refractivity contribution >= 4 is 0 Å². The van der Waals surface area contributed by atoms with Gasteiger partial charge in [0, 0.05) is 6.61 Å². The summed E-state index contributed by atoms with van der Waals surface area (Å²) >= 11 is 0. The van der Waals surface area contributed by atoms with Crippen molar-refractivity contribution in [3.05, 3.63) is 0 Å². The lowest BCUT2D eigenvalue weighted by molar-refractivity contribution is -0.0443. The van der Waals surface area contributed by atoms with Crippen LogP contribution in [0.3, 0.4) is 0 Å². The molecule has 0 aromatic heterocycles. The van der Waals surface area contributed by atoms with Gasteiger partial charge in [-0.15, -0.1) is 0 Å². The van der Waals surface area contributed by atoms with E-state index in [0.29, 0.717) is 13.0 Å². The molecule has 1 fully saturated rings. The van der Waals surface area contributed by atoms with Crippen LogP contribution in [0.25, 0.3) is 0 Å². The van der Waals surface area contributed by atoms with E-state index in [1.165, 1.54) is 0 Å². The fraction of sp³-hybridized carbons (Fsp3) is 0.833. The first-order valence-corrected chi connectivity index (χ1v) is 3.04. The van der Waals surface area contributed by atoms with Crippen LogP contribution < -0.4 is 0 Å². The second kappa shape index (κ2) is 2.81. The number of nitriles is 1. The molecule has 3 heteroatoms. The van der Waals surface area contributed by atoms with Crippen LogP contribution in [0.1, 0.15) is 12.8 Å². The topological polar surface area (TPSA) is 53.2 Å². The quantitative estimate of drug-likeness (QED) is 0.500. The van der Waals surface area contributed by atoms with E-state index in [0.717, 1.165) is 6.42 Å². The number of aliphatic hydroxyl groups excluding tert-OH is 1. The number of ether oxygens (including phenoxy) is 1. The Bertz CT molecular complexity index is 130. The molecular formula is C6H9NO2. The molecule has 1 aliphatic heterocycles. The van der Waals surface area contributed by atoms with E-state index < -0.39 is 12.2 Å². The van der Waals surface area contributed by atoms with Crippen LogP contribution in [-0.4, -0.2) is 23.9 Å². The summed E-state index contributed by atoms with van der Waals surface area (Å²) in [5, 5.41) is 17.3. The minimum absolute atomic E-state index is 0.566. The molecule has 1 N–H and O–H groups in total. The number of hydrogen-bond acceptors (Lipinski definition) is 3. The van der Waals surface area contributed by atoms with Gasteiger partial charge < -0.3 is 9.84 Å². The van der Waals surface area contributed by atoms with Crippen molar-refractivity contribution < 1.29 is 9.84 Å². The summed E-state index contributed by atoms with van der Waals surface area (Å²) < 4.78 is 4.93. The van der Waals surface area contributed by atoms with E-state index in [4.69, 9.17) is 15.1 Å². The number of hydrogen-bond donors (Lipinski definition) is 1. The third-order valence-corrected chi connectivity index (χ3v) is 1.42. The average molecular weight is 127 g/mol. The molecule has 3 nitrogen and oxygen atoms in total. The number of aliphatic hydroxyl groups is 1. The highest BCUT2D eigenvalue weighted by Crippen LogP contribution is 2.12. The predicted octanol–water partition coefficient (Wildman–Crippen LogP) is 0.0499. The van der Waals surface area contributed by atoms with Crippen LogP contribution >= 0.6 is 0 Å². The van der Waals surface area contributed by atoms with Gasteiger partial charge in [-0.2, -0.15) is 5.26 Å². The van der Waals surface area contributed by atoms with Gasteiger partial charge in [0.25, 0.3) is 0 Å². The average Bonchev–Trinajstić information content (AvgIpc) is 1.89. The zero-order valence-corrected chi connectivity index (χ0v) is 5.08. The Morgan fingerprint density at radius 2 is 2.44 bits per heavy atom. The Hall–Kier alpha value is -0.590. The molecule has 0 aliphatic carbocycles. The number of nitrogens with zero attached hydrogens (tertiary/aromatic N) is 1. The molecule has 50 valence electrons. The third kappa shape index (κ3) is 1.41. The summed E-state index contributed by atoms with van der Waals surface area (Å²) in [6.45, 7) is 0.606. The Labute approximate surface area is 53.9 Å². The zero-order valence-electron chi connectivity index (χ0n) is 5.08. The number of rotatable bonds is 0. The van der Waals surface area contributed by atoms with E-state index in [1.54, 1.807) is 0 Å². The van der Waals surface area contributed by atoms with Crippen molar-refractivity contribution in [2.45, 2.75) is 25.0 Å². The van der Waals surface area contributed by atoms with Gasteiger partial charge in [0.1, 0.15) is 0 Å². The molecule has 9 heavy (non-hydrogen) atoms. The summed E-state index contributed by atoms with van der Waals surface area (Å²) in [4.78, 5) is 0. The molecule has 0 unspecified atom stereocenters. The highest BCUT2D eigenvalue weighted by atomic mass is 16.5. The standard InChI is InChI=1S/C6H9NO2/c7-4-6-5(8)2-1-3-9-6/h5-6,8H,1-3H2/t5-,6+/m1/s1. The van der Waals surface area contributed by atoms with E-state index in [-0.39, 0.29) is 0 Å². The molecule has 1 heterocycles. The maximum absolute atomic E-state index is 9.02. The van der Waals surface area contributed by atoms with Crippen molar-refractivity contribution in [1.82, 2.24) is 0 Å². The van der Waals surface area contributed by atoms with Crippen molar-refractivity contribution in [3.63, 3.8) is 0 Å². The molecule has 0 radical (unpaired) electrons. The lowest BCUT2D eigenvalue weighted by Crippen LogP contribution is -2.32. The molecule has 0 bridgehead atoms. The van der Waals surface area contributed by atoms with Crippen molar-refractivity contribution in [3.8, 4) is 6.07 Å². The van der Waals surface area contributed by atoms with E-state index in [2.05, 4.69) is 0 Å². The van der Waals surface area contributed by atoms with E-state index in [9.17, 15) is 0 Å². The molecular weight excluding hydrogens is 118 g/mol. The first kappa shape index (κ1) is 6.53. The van der Waals surface area contributed by atoms with Gasteiger partial charge in [0.2, 0.25) is 0 Å². The zero-order chi connectivity index (χ0) is 6.69. The Balaban J connectivity index is 2.41. The minimum atomic E-state index is -0.584. The van der Waals surface area contributed by atoms with Crippen molar-refractivity contribution in [1.29, 1.82) is 5.26 Å². The van der Waals surface area contributed by atoms with Crippen LogP contribution in [0, 0.1) is 11.3 Å². The molecule has 1 aliphatic rings. The molecule has 1 rings (SSSR count). The summed E-state index contributed by atoms with van der Waals surface area (Å²) in [7, 11) is 0. The molecule has 2 atom stereocenters. The lowest BCUT2D eigenvalue weighted by Gasteiger charge is -2.21. The van der Waals surface area contributed by atoms with Gasteiger partial charge in [-0.25, -0.2) is 0 Å². The minimum Gasteiger partial charge on any atom is -0.389 e. The second-order valence-corrected chi connectivity index (χ2v) is 2.13. The fourth-order valence-electron chi connectivity index (χ4n) is 0.889. The van der Waals surface area contributed by atoms with Crippen LogP contribution in [0.15, 0.2) is 0 Å².